The van der Waals surface area contributed by atoms with Gasteiger partial charge in [-0.15, -0.1) is 0 Å². The van der Waals surface area contributed by atoms with Crippen LogP contribution in [0.2, 0.25) is 0 Å². The molecular weight excluding hydrogens is 216 g/mol. The van der Waals surface area contributed by atoms with E-state index in [2.05, 4.69) is 5.10 Å². The fourth-order valence-electron chi connectivity index (χ4n) is 1.47. The van der Waals surface area contributed by atoms with Crippen molar-refractivity contribution in [2.75, 3.05) is 0 Å². The van der Waals surface area contributed by atoms with Crippen molar-refractivity contribution in [2.24, 2.45) is 12.8 Å². The van der Waals surface area contributed by atoms with Crippen molar-refractivity contribution in [2.45, 2.75) is 6.61 Å². The number of hydrogen-bond donors (Lipinski definition) is 2. The van der Waals surface area contributed by atoms with Crippen LogP contribution in [-0.2, 0) is 13.7 Å². The molecule has 0 unspecified atom stereocenters. The largest absolute Gasteiger partial charge is 0.489 e. The van der Waals surface area contributed by atoms with Gasteiger partial charge in [-0.1, -0.05) is 12.1 Å². The third-order valence-corrected chi connectivity index (χ3v) is 2.31. The second kappa shape index (κ2) is 4.69. The van der Waals surface area contributed by atoms with Gasteiger partial charge in [-0.2, -0.15) is 5.10 Å². The Morgan fingerprint density at radius 2 is 2.35 bits per heavy atom. The van der Waals surface area contributed by atoms with E-state index in [4.69, 9.17) is 15.9 Å². The van der Waals surface area contributed by atoms with Crippen molar-refractivity contribution >= 4 is 5.84 Å². The average molecular weight is 230 g/mol. The van der Waals surface area contributed by atoms with Gasteiger partial charge in [0.25, 0.3) is 0 Å². The molecule has 0 aliphatic carbocycles. The van der Waals surface area contributed by atoms with E-state index in [0.717, 1.165) is 5.56 Å². The molecule has 17 heavy (non-hydrogen) atoms. The van der Waals surface area contributed by atoms with Gasteiger partial charge in [-0.3, -0.25) is 10.1 Å². The summed E-state index contributed by atoms with van der Waals surface area (Å²) in [5.74, 6) is 0.735. The first-order valence-corrected chi connectivity index (χ1v) is 5.20. The second-order valence-electron chi connectivity index (χ2n) is 3.75. The Hall–Kier alpha value is -2.30. The van der Waals surface area contributed by atoms with Gasteiger partial charge in [0.15, 0.2) is 0 Å². The smallest absolute Gasteiger partial charge is 0.122 e. The van der Waals surface area contributed by atoms with Crippen LogP contribution in [0.5, 0.6) is 5.75 Å². The molecule has 0 radical (unpaired) electrons. The highest BCUT2D eigenvalue weighted by Crippen LogP contribution is 2.14. The third-order valence-electron chi connectivity index (χ3n) is 2.31. The van der Waals surface area contributed by atoms with Gasteiger partial charge in [0.1, 0.15) is 18.2 Å². The Morgan fingerprint density at radius 3 is 3.00 bits per heavy atom. The van der Waals surface area contributed by atoms with Crippen LogP contribution >= 0.6 is 0 Å². The summed E-state index contributed by atoms with van der Waals surface area (Å²) in [4.78, 5) is 0. The quantitative estimate of drug-likeness (QED) is 0.613. The fraction of sp³-hybridized carbons (Fsp3) is 0.167. The van der Waals surface area contributed by atoms with Gasteiger partial charge in [-0.25, -0.2) is 0 Å². The average Bonchev–Trinajstić information content (AvgIpc) is 2.73. The van der Waals surface area contributed by atoms with Crippen LogP contribution in [0, 0.1) is 5.41 Å². The zero-order valence-electron chi connectivity index (χ0n) is 9.55. The lowest BCUT2D eigenvalue weighted by Crippen LogP contribution is -2.10. The van der Waals surface area contributed by atoms with Crippen LogP contribution in [0.25, 0.3) is 0 Å². The Kier molecular flexibility index (Phi) is 3.09. The van der Waals surface area contributed by atoms with E-state index in [1.54, 1.807) is 23.0 Å². The second-order valence-corrected chi connectivity index (χ2v) is 3.75. The minimum Gasteiger partial charge on any atom is -0.489 e. The summed E-state index contributed by atoms with van der Waals surface area (Å²) in [6.07, 6.45) is 3.66. The standard InChI is InChI=1S/C12H14N4O/c1-16-7-9(6-15-16)8-17-11-4-2-3-10(5-11)12(13)14/h2-7H,8H2,1H3,(H3,13,14). The SMILES string of the molecule is Cn1cc(COc2cccc(C(=N)N)c2)cn1. The highest BCUT2D eigenvalue weighted by atomic mass is 16.5. The molecule has 2 aromatic rings. The summed E-state index contributed by atoms with van der Waals surface area (Å²) in [7, 11) is 1.86. The highest BCUT2D eigenvalue weighted by Gasteiger charge is 2.01. The lowest BCUT2D eigenvalue weighted by Gasteiger charge is -2.06. The molecule has 0 aliphatic rings. The molecule has 0 atom stereocenters. The molecule has 0 bridgehead atoms. The molecular formula is C12H14N4O. The predicted molar refractivity (Wildman–Crippen MR) is 65.0 cm³/mol. The molecule has 1 aromatic heterocycles. The first-order valence-electron chi connectivity index (χ1n) is 5.20. The molecule has 1 aromatic carbocycles. The number of rotatable bonds is 4. The van der Waals surface area contributed by atoms with Crippen LogP contribution in [-0.4, -0.2) is 15.6 Å². The summed E-state index contributed by atoms with van der Waals surface area (Å²) in [5, 5.41) is 11.4. The number of nitrogens with two attached hydrogens (primary N) is 1. The number of nitrogen functional groups attached to an aromatic ring is 1. The summed E-state index contributed by atoms with van der Waals surface area (Å²) >= 11 is 0. The van der Waals surface area contributed by atoms with Crippen molar-refractivity contribution in [3.8, 4) is 5.75 Å². The molecule has 88 valence electrons. The Labute approximate surface area is 99.3 Å². The maximum Gasteiger partial charge on any atom is 0.122 e. The minimum atomic E-state index is 0.0387. The molecule has 0 saturated heterocycles. The van der Waals surface area contributed by atoms with E-state index >= 15 is 0 Å². The first kappa shape index (κ1) is 11.2. The zero-order valence-corrected chi connectivity index (χ0v) is 9.55. The summed E-state index contributed by atoms with van der Waals surface area (Å²) in [6, 6.07) is 7.18. The first-order chi connectivity index (χ1) is 8.15. The number of amidine groups is 1. The van der Waals surface area contributed by atoms with E-state index in [1.165, 1.54) is 0 Å². The van der Waals surface area contributed by atoms with Crippen LogP contribution in [0.3, 0.4) is 0 Å². The molecule has 5 heteroatoms. The molecule has 0 fully saturated rings. The molecule has 3 N–H and O–H groups in total. The fourth-order valence-corrected chi connectivity index (χ4v) is 1.47. The van der Waals surface area contributed by atoms with Gasteiger partial charge in [0.05, 0.1) is 6.20 Å². The van der Waals surface area contributed by atoms with Crippen LogP contribution < -0.4 is 10.5 Å². The van der Waals surface area contributed by atoms with Gasteiger partial charge >= 0.3 is 0 Å². The normalized spacial score (nSPS) is 10.2. The Balaban J connectivity index is 2.04. The van der Waals surface area contributed by atoms with Crippen molar-refractivity contribution in [1.82, 2.24) is 9.78 Å². The molecule has 0 amide bonds. The lowest BCUT2D eigenvalue weighted by atomic mass is 10.2. The molecule has 0 aliphatic heterocycles. The lowest BCUT2D eigenvalue weighted by molar-refractivity contribution is 0.306. The maximum atomic E-state index is 7.34. The van der Waals surface area contributed by atoms with Gasteiger partial charge in [0, 0.05) is 24.4 Å². The van der Waals surface area contributed by atoms with Crippen molar-refractivity contribution in [3.05, 3.63) is 47.8 Å². The number of nitrogens with one attached hydrogen (secondary N) is 1. The van der Waals surface area contributed by atoms with Crippen LogP contribution in [0.15, 0.2) is 36.7 Å². The molecule has 0 spiro atoms. The number of aromatic nitrogens is 2. The monoisotopic (exact) mass is 230 g/mol. The number of hydrogen-bond acceptors (Lipinski definition) is 3. The van der Waals surface area contributed by atoms with E-state index < -0.39 is 0 Å². The number of aryl methyl sites for hydroxylation is 1. The Bertz CT molecular complexity index is 533. The van der Waals surface area contributed by atoms with Crippen LogP contribution in [0.4, 0.5) is 0 Å². The van der Waals surface area contributed by atoms with Crippen molar-refractivity contribution in [1.29, 1.82) is 5.41 Å². The van der Waals surface area contributed by atoms with Gasteiger partial charge in [-0.05, 0) is 12.1 Å². The van der Waals surface area contributed by atoms with E-state index in [1.807, 2.05) is 25.4 Å². The minimum absolute atomic E-state index is 0.0387. The van der Waals surface area contributed by atoms with Crippen molar-refractivity contribution < 1.29 is 4.74 Å². The molecule has 1 heterocycles. The maximum absolute atomic E-state index is 7.34. The van der Waals surface area contributed by atoms with E-state index in [-0.39, 0.29) is 5.84 Å². The summed E-state index contributed by atoms with van der Waals surface area (Å²) in [6.45, 7) is 0.454. The number of ether oxygens (including phenoxy) is 1. The van der Waals surface area contributed by atoms with Crippen LogP contribution in [0.1, 0.15) is 11.1 Å². The van der Waals surface area contributed by atoms with Crippen molar-refractivity contribution in [3.63, 3.8) is 0 Å². The summed E-state index contributed by atoms with van der Waals surface area (Å²) in [5.41, 5.74) is 7.07. The summed E-state index contributed by atoms with van der Waals surface area (Å²) < 4.78 is 7.32. The predicted octanol–water partition coefficient (Wildman–Crippen LogP) is 1.28. The van der Waals surface area contributed by atoms with E-state index in [9.17, 15) is 0 Å². The molecule has 0 saturated carbocycles. The zero-order chi connectivity index (χ0) is 12.3. The van der Waals surface area contributed by atoms with Gasteiger partial charge < -0.3 is 10.5 Å². The van der Waals surface area contributed by atoms with E-state index in [0.29, 0.717) is 17.9 Å². The number of nitrogens with zero attached hydrogens (tertiary/aromatic N) is 2. The highest BCUT2D eigenvalue weighted by molar-refractivity contribution is 5.95. The van der Waals surface area contributed by atoms with Gasteiger partial charge in [0.2, 0.25) is 0 Å². The molecule has 2 rings (SSSR count). The topological polar surface area (TPSA) is 76.9 Å². The third kappa shape index (κ3) is 2.84. The molecule has 5 nitrogen and oxygen atoms in total. The number of benzene rings is 1. The Morgan fingerprint density at radius 1 is 1.53 bits per heavy atom.